The molecule has 1 N–H and O–H groups in total. The third-order valence-electron chi connectivity index (χ3n) is 3.81. The minimum absolute atomic E-state index is 0.181. The Bertz CT molecular complexity index is 503. The van der Waals surface area contributed by atoms with Gasteiger partial charge in [-0.2, -0.15) is 4.31 Å². The van der Waals surface area contributed by atoms with E-state index in [0.29, 0.717) is 6.42 Å². The summed E-state index contributed by atoms with van der Waals surface area (Å²) in [6.45, 7) is 1.75. The van der Waals surface area contributed by atoms with E-state index in [4.69, 9.17) is 0 Å². The van der Waals surface area contributed by atoms with E-state index in [0.717, 1.165) is 37.2 Å². The molecule has 0 bridgehead atoms. The van der Waals surface area contributed by atoms with Crippen LogP contribution in [0.1, 0.15) is 24.1 Å². The molecule has 1 aliphatic heterocycles. The molecule has 0 radical (unpaired) electrons. The fourth-order valence-corrected chi connectivity index (χ4v) is 5.55. The van der Waals surface area contributed by atoms with Crippen LogP contribution in [0.15, 0.2) is 17.5 Å². The van der Waals surface area contributed by atoms with Crippen molar-refractivity contribution in [3.8, 4) is 0 Å². The second kappa shape index (κ2) is 5.52. The normalized spacial score (nSPS) is 24.2. The van der Waals surface area contributed by atoms with Crippen molar-refractivity contribution >= 4 is 21.4 Å². The van der Waals surface area contributed by atoms with Crippen LogP contribution in [0.4, 0.5) is 0 Å². The summed E-state index contributed by atoms with van der Waals surface area (Å²) >= 11 is 1.64. The Hall–Kier alpha value is -0.430. The molecule has 1 saturated carbocycles. The number of sulfonamides is 1. The maximum Gasteiger partial charge on any atom is 0.215 e. The zero-order chi connectivity index (χ0) is 13.3. The molecular formula is C13H20N2O2S2. The molecule has 1 aromatic rings. The highest BCUT2D eigenvalue weighted by Gasteiger charge is 2.42. The molecule has 2 heterocycles. The van der Waals surface area contributed by atoms with Crippen LogP contribution < -0.4 is 5.32 Å². The van der Waals surface area contributed by atoms with Crippen LogP contribution in [0, 0.1) is 0 Å². The van der Waals surface area contributed by atoms with Crippen LogP contribution in [0.3, 0.4) is 0 Å². The summed E-state index contributed by atoms with van der Waals surface area (Å²) in [7, 11) is -3.12. The van der Waals surface area contributed by atoms with Gasteiger partial charge in [0, 0.05) is 23.5 Å². The van der Waals surface area contributed by atoms with Crippen molar-refractivity contribution in [2.75, 3.05) is 18.8 Å². The molecule has 1 atom stereocenters. The lowest BCUT2D eigenvalue weighted by atomic mass is 10.2. The molecule has 2 aliphatic rings. The Morgan fingerprint density at radius 3 is 2.74 bits per heavy atom. The summed E-state index contributed by atoms with van der Waals surface area (Å²) in [4.78, 5) is 1.16. The lowest BCUT2D eigenvalue weighted by Crippen LogP contribution is -2.44. The smallest absolute Gasteiger partial charge is 0.215 e. The largest absolute Gasteiger partial charge is 0.315 e. The van der Waals surface area contributed by atoms with Crippen LogP contribution in [-0.2, 0) is 16.4 Å². The highest BCUT2D eigenvalue weighted by molar-refractivity contribution is 7.89. The van der Waals surface area contributed by atoms with Gasteiger partial charge in [-0.1, -0.05) is 6.07 Å². The van der Waals surface area contributed by atoms with E-state index in [1.54, 1.807) is 11.3 Å². The van der Waals surface area contributed by atoms with Gasteiger partial charge in [0.15, 0.2) is 0 Å². The number of thiophene rings is 1. The summed E-state index contributed by atoms with van der Waals surface area (Å²) in [5.41, 5.74) is 0. The summed E-state index contributed by atoms with van der Waals surface area (Å²) < 4.78 is 27.0. The van der Waals surface area contributed by atoms with Gasteiger partial charge in [-0.15, -0.1) is 11.3 Å². The van der Waals surface area contributed by atoms with Crippen molar-refractivity contribution < 1.29 is 8.42 Å². The average molecular weight is 300 g/mol. The van der Waals surface area contributed by atoms with Gasteiger partial charge in [-0.3, -0.25) is 0 Å². The van der Waals surface area contributed by atoms with Gasteiger partial charge >= 0.3 is 0 Å². The number of hydrogen-bond donors (Lipinski definition) is 1. The van der Waals surface area contributed by atoms with Crippen LogP contribution in [0.5, 0.6) is 0 Å². The second-order valence-corrected chi connectivity index (χ2v) is 8.38. The molecule has 1 saturated heterocycles. The molecule has 1 unspecified atom stereocenters. The summed E-state index contributed by atoms with van der Waals surface area (Å²) in [5, 5.41) is 5.27. The fraction of sp³-hybridized carbons (Fsp3) is 0.692. The van der Waals surface area contributed by atoms with E-state index in [2.05, 4.69) is 5.32 Å². The second-order valence-electron chi connectivity index (χ2n) is 5.35. The molecule has 2 fully saturated rings. The van der Waals surface area contributed by atoms with Crippen LogP contribution in [0.25, 0.3) is 0 Å². The fourth-order valence-electron chi connectivity index (χ4n) is 2.73. The predicted molar refractivity (Wildman–Crippen MR) is 77.9 cm³/mol. The molecule has 0 aromatic carbocycles. The van der Waals surface area contributed by atoms with E-state index in [1.165, 1.54) is 0 Å². The van der Waals surface area contributed by atoms with Crippen molar-refractivity contribution in [2.24, 2.45) is 0 Å². The van der Waals surface area contributed by atoms with Crippen LogP contribution in [0.2, 0.25) is 0 Å². The van der Waals surface area contributed by atoms with E-state index in [-0.39, 0.29) is 17.8 Å². The third-order valence-corrected chi connectivity index (χ3v) is 6.70. The first-order valence-electron chi connectivity index (χ1n) is 6.91. The number of nitrogens with one attached hydrogen (secondary N) is 1. The van der Waals surface area contributed by atoms with Crippen molar-refractivity contribution in [1.82, 2.24) is 9.62 Å². The Balaban J connectivity index is 1.69. The molecule has 3 rings (SSSR count). The lowest BCUT2D eigenvalue weighted by Gasteiger charge is -2.27. The number of hydrogen-bond acceptors (Lipinski definition) is 4. The molecule has 19 heavy (non-hydrogen) atoms. The number of nitrogens with zero attached hydrogens (tertiary/aromatic N) is 1. The first-order chi connectivity index (χ1) is 9.17. The molecule has 6 heteroatoms. The maximum absolute atomic E-state index is 12.6. The number of aryl methyl sites for hydroxylation is 1. The molecule has 4 nitrogen and oxygen atoms in total. The first-order valence-corrected chi connectivity index (χ1v) is 9.40. The minimum Gasteiger partial charge on any atom is -0.315 e. The van der Waals surface area contributed by atoms with Gasteiger partial charge in [-0.25, -0.2) is 8.42 Å². The van der Waals surface area contributed by atoms with Gasteiger partial charge in [0.1, 0.15) is 0 Å². The molecular weight excluding hydrogens is 280 g/mol. The highest BCUT2D eigenvalue weighted by atomic mass is 32.2. The molecule has 0 spiro atoms. The Kier molecular flexibility index (Phi) is 3.93. The van der Waals surface area contributed by atoms with Gasteiger partial charge in [0.05, 0.1) is 5.75 Å². The summed E-state index contributed by atoms with van der Waals surface area (Å²) in [5.74, 6) is 0.251. The highest BCUT2D eigenvalue weighted by Crippen LogP contribution is 2.33. The SMILES string of the molecule is O=S(=O)(CCc1cccs1)N(C1CC1)C1CCNC1. The molecule has 0 amide bonds. The Morgan fingerprint density at radius 1 is 1.32 bits per heavy atom. The molecule has 1 aliphatic carbocycles. The average Bonchev–Trinajstić information content (AvgIpc) is 2.87. The Morgan fingerprint density at radius 2 is 2.16 bits per heavy atom. The van der Waals surface area contributed by atoms with Crippen molar-refractivity contribution in [1.29, 1.82) is 0 Å². The maximum atomic E-state index is 12.6. The standard InChI is InChI=1S/C13H20N2O2S2/c16-19(17,9-6-13-2-1-8-18-13)15(11-3-4-11)12-5-7-14-10-12/h1-2,8,11-12,14H,3-7,9-10H2. The van der Waals surface area contributed by atoms with Gasteiger partial charge < -0.3 is 5.32 Å². The molecule has 1 aromatic heterocycles. The minimum atomic E-state index is -3.12. The number of rotatable bonds is 6. The van der Waals surface area contributed by atoms with E-state index < -0.39 is 10.0 Å². The summed E-state index contributed by atoms with van der Waals surface area (Å²) in [6, 6.07) is 4.45. The van der Waals surface area contributed by atoms with Crippen molar-refractivity contribution in [2.45, 2.75) is 37.8 Å². The Labute approximate surface area is 118 Å². The van der Waals surface area contributed by atoms with Crippen LogP contribution >= 0.6 is 11.3 Å². The monoisotopic (exact) mass is 300 g/mol. The zero-order valence-electron chi connectivity index (χ0n) is 10.9. The third kappa shape index (κ3) is 3.18. The van der Waals surface area contributed by atoms with Crippen LogP contribution in [-0.4, -0.2) is 43.6 Å². The van der Waals surface area contributed by atoms with Crippen molar-refractivity contribution in [3.05, 3.63) is 22.4 Å². The van der Waals surface area contributed by atoms with E-state index in [9.17, 15) is 8.42 Å². The van der Waals surface area contributed by atoms with Gasteiger partial charge in [-0.05, 0) is 43.7 Å². The summed E-state index contributed by atoms with van der Waals surface area (Å²) in [6.07, 6.45) is 3.67. The topological polar surface area (TPSA) is 49.4 Å². The van der Waals surface area contributed by atoms with Gasteiger partial charge in [0.25, 0.3) is 0 Å². The quantitative estimate of drug-likeness (QED) is 0.865. The van der Waals surface area contributed by atoms with Crippen molar-refractivity contribution in [3.63, 3.8) is 0 Å². The van der Waals surface area contributed by atoms with E-state index in [1.807, 2.05) is 21.8 Å². The van der Waals surface area contributed by atoms with E-state index >= 15 is 0 Å². The predicted octanol–water partition coefficient (Wildman–Crippen LogP) is 1.45. The zero-order valence-corrected chi connectivity index (χ0v) is 12.5. The lowest BCUT2D eigenvalue weighted by molar-refractivity contribution is 0.327. The molecule has 106 valence electrons. The van der Waals surface area contributed by atoms with Gasteiger partial charge in [0.2, 0.25) is 10.0 Å². The first kappa shape index (κ1) is 13.5.